The highest BCUT2D eigenvalue weighted by Crippen LogP contribution is 2.35. The van der Waals surface area contributed by atoms with Crippen molar-refractivity contribution >= 4 is 11.6 Å². The number of hydrogen-bond acceptors (Lipinski definition) is 5. The summed E-state index contributed by atoms with van der Waals surface area (Å²) in [6.07, 6.45) is 3.96. The molecule has 0 unspecified atom stereocenters. The average molecular weight is 306 g/mol. The molecule has 1 heterocycles. The molecule has 118 valence electrons. The quantitative estimate of drug-likeness (QED) is 0.657. The lowest BCUT2D eigenvalue weighted by atomic mass is 9.81. The first-order chi connectivity index (χ1) is 10.6. The second kappa shape index (κ2) is 5.92. The maximum Gasteiger partial charge on any atom is 0.311 e. The highest BCUT2D eigenvalue weighted by atomic mass is 16.6. The van der Waals surface area contributed by atoms with Gasteiger partial charge in [-0.15, -0.1) is 0 Å². The summed E-state index contributed by atoms with van der Waals surface area (Å²) < 4.78 is 5.66. The van der Waals surface area contributed by atoms with Gasteiger partial charge < -0.3 is 15.2 Å². The van der Waals surface area contributed by atoms with Crippen molar-refractivity contribution in [3.63, 3.8) is 0 Å². The molecule has 7 heteroatoms. The van der Waals surface area contributed by atoms with Gasteiger partial charge in [0.2, 0.25) is 5.75 Å². The smallest absolute Gasteiger partial charge is 0.311 e. The molecule has 7 nitrogen and oxygen atoms in total. The molecule has 2 fully saturated rings. The highest BCUT2D eigenvalue weighted by Gasteiger charge is 2.38. The third kappa shape index (κ3) is 2.64. The van der Waals surface area contributed by atoms with Crippen molar-refractivity contribution in [1.29, 1.82) is 0 Å². The van der Waals surface area contributed by atoms with Gasteiger partial charge in [0.15, 0.2) is 0 Å². The molecule has 1 aliphatic heterocycles. The van der Waals surface area contributed by atoms with Crippen molar-refractivity contribution in [3.8, 4) is 5.75 Å². The normalized spacial score (nSPS) is 27.2. The van der Waals surface area contributed by atoms with Gasteiger partial charge >= 0.3 is 5.69 Å². The summed E-state index contributed by atoms with van der Waals surface area (Å²) in [5, 5.41) is 23.7. The van der Waals surface area contributed by atoms with Crippen molar-refractivity contribution in [2.45, 2.75) is 37.8 Å². The largest absolute Gasteiger partial charge is 0.502 e. The van der Waals surface area contributed by atoms with E-state index in [1.54, 1.807) is 0 Å². The van der Waals surface area contributed by atoms with Crippen LogP contribution in [0.15, 0.2) is 18.2 Å². The Morgan fingerprint density at radius 3 is 2.95 bits per heavy atom. The Labute approximate surface area is 127 Å². The number of phenols is 1. The number of benzene rings is 1. The van der Waals surface area contributed by atoms with E-state index in [0.29, 0.717) is 12.5 Å². The van der Waals surface area contributed by atoms with E-state index < -0.39 is 22.3 Å². The predicted octanol–water partition coefficient (Wildman–Crippen LogP) is 1.99. The molecule has 1 aromatic rings. The fraction of sp³-hybridized carbons (Fsp3) is 0.533. The zero-order chi connectivity index (χ0) is 15.7. The minimum absolute atomic E-state index is 0.00703. The maximum absolute atomic E-state index is 12.4. The molecule has 3 atom stereocenters. The molecule has 1 saturated heterocycles. The number of amides is 1. The van der Waals surface area contributed by atoms with Crippen LogP contribution in [0.25, 0.3) is 0 Å². The number of nitrogens with zero attached hydrogens (tertiary/aromatic N) is 1. The van der Waals surface area contributed by atoms with E-state index in [-0.39, 0.29) is 17.7 Å². The van der Waals surface area contributed by atoms with Crippen LogP contribution < -0.4 is 5.32 Å². The summed E-state index contributed by atoms with van der Waals surface area (Å²) >= 11 is 0. The first-order valence-electron chi connectivity index (χ1n) is 7.46. The Morgan fingerprint density at radius 2 is 2.18 bits per heavy atom. The predicted molar refractivity (Wildman–Crippen MR) is 77.7 cm³/mol. The van der Waals surface area contributed by atoms with Crippen LogP contribution in [0, 0.1) is 16.0 Å². The Balaban J connectivity index is 1.77. The molecular formula is C15H18N2O5. The summed E-state index contributed by atoms with van der Waals surface area (Å²) in [6, 6.07) is 3.96. The lowest BCUT2D eigenvalue weighted by Crippen LogP contribution is -2.45. The lowest BCUT2D eigenvalue weighted by Gasteiger charge is -2.33. The van der Waals surface area contributed by atoms with Crippen molar-refractivity contribution in [1.82, 2.24) is 5.32 Å². The third-order valence-electron chi connectivity index (χ3n) is 4.55. The monoisotopic (exact) mass is 306 g/mol. The van der Waals surface area contributed by atoms with Crippen LogP contribution in [0.3, 0.4) is 0 Å². The van der Waals surface area contributed by atoms with Gasteiger partial charge in [-0.2, -0.15) is 0 Å². The standard InChI is InChI=1S/C15H18N2O5/c18-14-10(3-1-5-12(14)17(20)21)15(19)16-11-4-2-6-13-9(11)7-8-22-13/h1,3,5,9,11,13,18H,2,4,6-8H2,(H,16,19)/t9-,11+,13+/m0/s1. The Morgan fingerprint density at radius 1 is 1.36 bits per heavy atom. The molecular weight excluding hydrogens is 288 g/mol. The van der Waals surface area contributed by atoms with Gasteiger partial charge in [-0.05, 0) is 31.7 Å². The molecule has 1 aromatic carbocycles. The SMILES string of the molecule is O=C(N[C@@H]1CCC[C@H]2OCC[C@@H]12)c1cccc([N+](=O)[O-])c1O. The number of aromatic hydroxyl groups is 1. The fourth-order valence-electron chi connectivity index (χ4n) is 3.46. The number of hydrogen-bond donors (Lipinski definition) is 2. The first kappa shape index (κ1) is 14.8. The molecule has 22 heavy (non-hydrogen) atoms. The molecule has 0 radical (unpaired) electrons. The molecule has 1 amide bonds. The van der Waals surface area contributed by atoms with Crippen LogP contribution in [-0.4, -0.2) is 34.7 Å². The number of nitrogens with one attached hydrogen (secondary N) is 1. The second-order valence-corrected chi connectivity index (χ2v) is 5.80. The van der Waals surface area contributed by atoms with Crippen LogP contribution >= 0.6 is 0 Å². The number of para-hydroxylation sites is 1. The Bertz CT molecular complexity index is 604. The van der Waals surface area contributed by atoms with E-state index in [1.807, 2.05) is 0 Å². The summed E-state index contributed by atoms with van der Waals surface area (Å²) in [7, 11) is 0. The van der Waals surface area contributed by atoms with Gasteiger partial charge in [-0.3, -0.25) is 14.9 Å². The van der Waals surface area contributed by atoms with Gasteiger partial charge in [0.25, 0.3) is 5.91 Å². The number of carbonyl (C=O) groups is 1. The third-order valence-corrected chi connectivity index (χ3v) is 4.55. The Hall–Kier alpha value is -2.15. The number of phenolic OH excluding ortho intramolecular Hbond substituents is 1. The topological polar surface area (TPSA) is 102 Å². The molecule has 1 saturated carbocycles. The molecule has 1 aliphatic carbocycles. The molecule has 2 aliphatic rings. The number of carbonyl (C=O) groups excluding carboxylic acids is 1. The van der Waals surface area contributed by atoms with E-state index in [0.717, 1.165) is 25.7 Å². The van der Waals surface area contributed by atoms with Crippen molar-refractivity contribution < 1.29 is 19.6 Å². The van der Waals surface area contributed by atoms with Gasteiger partial charge in [-0.1, -0.05) is 6.07 Å². The minimum Gasteiger partial charge on any atom is -0.502 e. The number of nitro groups is 1. The van der Waals surface area contributed by atoms with E-state index in [1.165, 1.54) is 18.2 Å². The summed E-state index contributed by atoms with van der Waals surface area (Å²) in [4.78, 5) is 22.5. The maximum atomic E-state index is 12.4. The summed E-state index contributed by atoms with van der Waals surface area (Å²) in [5.74, 6) is -0.766. The van der Waals surface area contributed by atoms with E-state index in [4.69, 9.17) is 4.74 Å². The number of rotatable bonds is 3. The molecule has 0 aromatic heterocycles. The summed E-state index contributed by atoms with van der Waals surface area (Å²) in [5.41, 5.74) is -0.520. The van der Waals surface area contributed by atoms with Gasteiger partial charge in [0.1, 0.15) is 0 Å². The van der Waals surface area contributed by atoms with E-state index in [9.17, 15) is 20.0 Å². The molecule has 2 N–H and O–H groups in total. The molecule has 0 bridgehead atoms. The average Bonchev–Trinajstić information content (AvgIpc) is 2.96. The Kier molecular flexibility index (Phi) is 3.98. The van der Waals surface area contributed by atoms with Gasteiger partial charge in [0.05, 0.1) is 16.6 Å². The zero-order valence-corrected chi connectivity index (χ0v) is 12.0. The van der Waals surface area contributed by atoms with Crippen molar-refractivity contribution in [2.75, 3.05) is 6.61 Å². The highest BCUT2D eigenvalue weighted by molar-refractivity contribution is 5.98. The number of fused-ring (bicyclic) bond motifs is 1. The minimum atomic E-state index is -0.701. The van der Waals surface area contributed by atoms with Crippen LogP contribution in [0.5, 0.6) is 5.75 Å². The molecule has 3 rings (SSSR count). The van der Waals surface area contributed by atoms with Crippen molar-refractivity contribution in [3.05, 3.63) is 33.9 Å². The van der Waals surface area contributed by atoms with Crippen LogP contribution in [0.1, 0.15) is 36.0 Å². The van der Waals surface area contributed by atoms with E-state index in [2.05, 4.69) is 5.32 Å². The first-order valence-corrected chi connectivity index (χ1v) is 7.46. The zero-order valence-electron chi connectivity index (χ0n) is 12.0. The van der Waals surface area contributed by atoms with Crippen molar-refractivity contribution in [2.24, 2.45) is 5.92 Å². The van der Waals surface area contributed by atoms with Crippen LogP contribution in [0.2, 0.25) is 0 Å². The summed E-state index contributed by atoms with van der Waals surface area (Å²) in [6.45, 7) is 0.712. The van der Waals surface area contributed by atoms with Crippen LogP contribution in [0.4, 0.5) is 5.69 Å². The van der Waals surface area contributed by atoms with Gasteiger partial charge in [0, 0.05) is 24.6 Å². The number of nitro benzene ring substituents is 1. The van der Waals surface area contributed by atoms with Gasteiger partial charge in [-0.25, -0.2) is 0 Å². The van der Waals surface area contributed by atoms with E-state index >= 15 is 0 Å². The lowest BCUT2D eigenvalue weighted by molar-refractivity contribution is -0.385. The number of ether oxygens (including phenoxy) is 1. The second-order valence-electron chi connectivity index (χ2n) is 5.80. The molecule has 0 spiro atoms. The fourth-order valence-corrected chi connectivity index (χ4v) is 3.46. The van der Waals surface area contributed by atoms with Crippen LogP contribution in [-0.2, 0) is 4.74 Å².